The van der Waals surface area contributed by atoms with E-state index in [4.69, 9.17) is 23.7 Å². The predicted molar refractivity (Wildman–Crippen MR) is 184 cm³/mol. The third-order valence-electron chi connectivity index (χ3n) is 8.16. The van der Waals surface area contributed by atoms with Crippen molar-refractivity contribution in [2.75, 3.05) is 40.6 Å². The van der Waals surface area contributed by atoms with Gasteiger partial charge < -0.3 is 29.0 Å². The first-order valence-electron chi connectivity index (χ1n) is 16.1. The summed E-state index contributed by atoms with van der Waals surface area (Å²) in [5.41, 5.74) is 0.390. The van der Waals surface area contributed by atoms with Gasteiger partial charge in [0.15, 0.2) is 5.78 Å². The number of amides is 1. The number of benzene rings is 3. The maximum absolute atomic E-state index is 12.9. The number of nitrogens with one attached hydrogen (secondary N) is 2. The van der Waals surface area contributed by atoms with Gasteiger partial charge in [0, 0.05) is 6.20 Å². The van der Waals surface area contributed by atoms with E-state index in [0.29, 0.717) is 24.3 Å². The Kier molecular flexibility index (Phi) is 12.0. The third-order valence-corrected chi connectivity index (χ3v) is 8.16. The number of hydrogen-bond acceptors (Lipinski definition) is 9. The molecular weight excluding hydrogens is 642 g/mol. The molecule has 1 aromatic heterocycles. The minimum absolute atomic E-state index is 0.0390. The highest BCUT2D eigenvalue weighted by Gasteiger charge is 2.40. The average Bonchev–Trinajstić information content (AvgIpc) is 3.60. The van der Waals surface area contributed by atoms with Crippen molar-refractivity contribution in [2.24, 2.45) is 0 Å². The Bertz CT molecular complexity index is 1890. The van der Waals surface area contributed by atoms with Crippen LogP contribution in [0.3, 0.4) is 0 Å². The van der Waals surface area contributed by atoms with E-state index < -0.39 is 29.0 Å². The number of carbonyl (C=O) groups excluding carboxylic acids is 2. The van der Waals surface area contributed by atoms with Crippen molar-refractivity contribution in [2.45, 2.75) is 37.7 Å². The fourth-order valence-corrected chi connectivity index (χ4v) is 5.72. The number of rotatable bonds is 14. The molecule has 2 heterocycles. The Labute approximate surface area is 289 Å². The Hall–Kier alpha value is -5.48. The van der Waals surface area contributed by atoms with Crippen LogP contribution in [0.5, 0.6) is 11.5 Å². The van der Waals surface area contributed by atoms with Gasteiger partial charge in [-0.25, -0.2) is 4.79 Å². The molecule has 0 bridgehead atoms. The molecule has 1 aliphatic rings. The molecule has 3 aromatic carbocycles. The maximum atomic E-state index is 12.9. The minimum atomic E-state index is -1.03. The molecule has 5 rings (SSSR count). The van der Waals surface area contributed by atoms with Gasteiger partial charge in [-0.1, -0.05) is 66.4 Å². The number of carbonyl (C=O) groups is 2. The molecule has 1 aliphatic heterocycles. The second kappa shape index (κ2) is 16.8. The van der Waals surface area contributed by atoms with Crippen molar-refractivity contribution in [1.29, 1.82) is 0 Å². The summed E-state index contributed by atoms with van der Waals surface area (Å²) in [7, 11) is 3.24. The van der Waals surface area contributed by atoms with Crippen molar-refractivity contribution >= 4 is 11.7 Å². The average molecular weight is 682 g/mol. The molecule has 12 nitrogen and oxygen atoms in total. The number of aromatic nitrogens is 2. The molecule has 0 radical (unpaired) electrons. The summed E-state index contributed by atoms with van der Waals surface area (Å²) in [5, 5.41) is 2.53. The molecule has 0 aliphatic carbocycles. The molecule has 2 unspecified atom stereocenters. The number of aromatic amines is 1. The number of hydrogen-bond donors (Lipinski definition) is 2. The molecule has 2 atom stereocenters. The summed E-state index contributed by atoms with van der Waals surface area (Å²) < 4.78 is 30.5. The van der Waals surface area contributed by atoms with E-state index in [-0.39, 0.29) is 43.8 Å². The van der Waals surface area contributed by atoms with Crippen LogP contribution < -0.4 is 26.0 Å². The van der Waals surface area contributed by atoms with E-state index in [1.807, 2.05) is 78.9 Å². The number of ether oxygens (including phenoxy) is 5. The molecule has 2 N–H and O–H groups in total. The number of nitrogens with zero attached hydrogens (tertiary/aromatic N) is 1. The van der Waals surface area contributed by atoms with Gasteiger partial charge in [-0.3, -0.25) is 23.9 Å². The molecule has 1 saturated heterocycles. The Balaban J connectivity index is 1.35. The number of H-pyrrole nitrogens is 1. The lowest BCUT2D eigenvalue weighted by atomic mass is 9.80. The molecule has 0 spiro atoms. The summed E-state index contributed by atoms with van der Waals surface area (Å²) in [6, 6.07) is 25.4. The van der Waals surface area contributed by atoms with Gasteiger partial charge in [0.25, 0.3) is 5.56 Å². The van der Waals surface area contributed by atoms with Crippen LogP contribution in [0, 0.1) is 11.8 Å². The van der Waals surface area contributed by atoms with Crippen LogP contribution in [0.15, 0.2) is 94.6 Å². The standard InChI is InChI=1S/C38H39N3O9/c1-26(42)23-48-25-34(43)39-21-7-8-27-22-41(37(45)40-36(27)44)35-20-19-33(50-35)24-49-38(28-9-5-4-6-10-28,29-11-15-31(46-2)16-12-29)30-13-17-32(47-3)18-14-30/h4-6,9-18,22,33,35H,19-21,23-25H2,1-3H3,(H,39,43)(H,40,44,45). The fraction of sp³-hybridized carbons (Fsp3) is 0.316. The monoisotopic (exact) mass is 681 g/mol. The van der Waals surface area contributed by atoms with E-state index >= 15 is 0 Å². The smallest absolute Gasteiger partial charge is 0.330 e. The van der Waals surface area contributed by atoms with Crippen LogP contribution in [-0.4, -0.2) is 67.9 Å². The number of methoxy groups -OCH3 is 2. The summed E-state index contributed by atoms with van der Waals surface area (Å²) in [6.07, 6.45) is 1.40. The maximum Gasteiger partial charge on any atom is 0.330 e. The zero-order valence-electron chi connectivity index (χ0n) is 28.1. The molecule has 50 heavy (non-hydrogen) atoms. The van der Waals surface area contributed by atoms with Gasteiger partial charge in [-0.2, -0.15) is 0 Å². The molecule has 260 valence electrons. The van der Waals surface area contributed by atoms with Crippen molar-refractivity contribution < 1.29 is 33.3 Å². The van der Waals surface area contributed by atoms with Crippen LogP contribution in [0.1, 0.15) is 48.2 Å². The Morgan fingerprint density at radius 3 is 2.12 bits per heavy atom. The minimum Gasteiger partial charge on any atom is -0.497 e. The normalized spacial score (nSPS) is 15.5. The lowest BCUT2D eigenvalue weighted by Crippen LogP contribution is -2.36. The second-order valence-corrected chi connectivity index (χ2v) is 11.6. The van der Waals surface area contributed by atoms with Crippen molar-refractivity contribution in [3.05, 3.63) is 128 Å². The Morgan fingerprint density at radius 2 is 1.52 bits per heavy atom. The quantitative estimate of drug-likeness (QED) is 0.151. The van der Waals surface area contributed by atoms with Gasteiger partial charge in [0.2, 0.25) is 5.91 Å². The summed E-state index contributed by atoms with van der Waals surface area (Å²) >= 11 is 0. The lowest BCUT2D eigenvalue weighted by molar-refractivity contribution is -0.128. The molecule has 0 saturated carbocycles. The van der Waals surface area contributed by atoms with Gasteiger partial charge in [0.05, 0.1) is 33.5 Å². The first-order chi connectivity index (χ1) is 24.2. The van der Waals surface area contributed by atoms with Gasteiger partial charge in [-0.05, 0) is 60.7 Å². The van der Waals surface area contributed by atoms with Gasteiger partial charge in [-0.15, -0.1) is 0 Å². The molecule has 1 amide bonds. The number of Topliss-reactive ketones (excluding diaryl/α,β-unsaturated/α-hetero) is 1. The highest BCUT2D eigenvalue weighted by atomic mass is 16.6. The predicted octanol–water partition coefficient (Wildman–Crippen LogP) is 3.31. The van der Waals surface area contributed by atoms with Crippen molar-refractivity contribution in [3.8, 4) is 23.3 Å². The van der Waals surface area contributed by atoms with E-state index in [1.54, 1.807) is 14.2 Å². The van der Waals surface area contributed by atoms with Crippen LogP contribution in [0.2, 0.25) is 0 Å². The highest BCUT2D eigenvalue weighted by molar-refractivity contribution is 5.79. The molecule has 12 heteroatoms. The van der Waals surface area contributed by atoms with Crippen LogP contribution in [0.4, 0.5) is 0 Å². The summed E-state index contributed by atoms with van der Waals surface area (Å²) in [5.74, 6) is 6.17. The van der Waals surface area contributed by atoms with Gasteiger partial charge >= 0.3 is 5.69 Å². The van der Waals surface area contributed by atoms with E-state index in [2.05, 4.69) is 22.1 Å². The fourth-order valence-electron chi connectivity index (χ4n) is 5.72. The summed E-state index contributed by atoms with van der Waals surface area (Å²) in [6.45, 7) is 1.03. The molecule has 1 fully saturated rings. The Morgan fingerprint density at radius 1 is 0.900 bits per heavy atom. The van der Waals surface area contributed by atoms with Crippen LogP contribution in [-0.2, 0) is 29.4 Å². The number of ketones is 1. The third kappa shape index (κ3) is 8.56. The first-order valence-corrected chi connectivity index (χ1v) is 16.1. The first kappa shape index (κ1) is 35.8. The molecule has 4 aromatic rings. The SMILES string of the molecule is COc1ccc(C(OCC2CCC(n3cc(C#CCNC(=O)COCC(C)=O)c(=O)[nH]c3=O)O2)(c2ccccc2)c2ccc(OC)cc2)cc1. The highest BCUT2D eigenvalue weighted by Crippen LogP contribution is 2.42. The second-order valence-electron chi connectivity index (χ2n) is 11.6. The topological polar surface area (TPSA) is 147 Å². The van der Waals surface area contributed by atoms with E-state index in [0.717, 1.165) is 16.7 Å². The largest absolute Gasteiger partial charge is 0.497 e. The summed E-state index contributed by atoms with van der Waals surface area (Å²) in [4.78, 5) is 50.5. The molecular formula is C38H39N3O9. The van der Waals surface area contributed by atoms with E-state index in [1.165, 1.54) is 17.7 Å². The van der Waals surface area contributed by atoms with Crippen molar-refractivity contribution in [1.82, 2.24) is 14.9 Å². The van der Waals surface area contributed by atoms with Crippen molar-refractivity contribution in [3.63, 3.8) is 0 Å². The van der Waals surface area contributed by atoms with Crippen LogP contribution in [0.25, 0.3) is 0 Å². The zero-order chi connectivity index (χ0) is 35.5. The van der Waals surface area contributed by atoms with Crippen LogP contribution >= 0.6 is 0 Å². The zero-order valence-corrected chi connectivity index (χ0v) is 28.1. The lowest BCUT2D eigenvalue weighted by Gasteiger charge is -2.37. The van der Waals surface area contributed by atoms with E-state index in [9.17, 15) is 19.2 Å². The van der Waals surface area contributed by atoms with Gasteiger partial charge in [0.1, 0.15) is 42.1 Å².